The fourth-order valence-corrected chi connectivity index (χ4v) is 3.63. The van der Waals surface area contributed by atoms with Crippen molar-refractivity contribution in [2.45, 2.75) is 45.3 Å². The van der Waals surface area contributed by atoms with Crippen molar-refractivity contribution in [1.82, 2.24) is 24.6 Å². The normalized spacial score (nSPS) is 18.7. The van der Waals surface area contributed by atoms with Gasteiger partial charge >= 0.3 is 0 Å². The molecule has 24 heavy (non-hydrogen) atoms. The smallest absolute Gasteiger partial charge is 0.267 e. The number of nitrogens with one attached hydrogen (secondary N) is 1. The van der Waals surface area contributed by atoms with Crippen LogP contribution in [0.4, 0.5) is 0 Å². The molecule has 0 radical (unpaired) electrons. The highest BCUT2D eigenvalue weighted by Gasteiger charge is 2.27. The van der Waals surface area contributed by atoms with Gasteiger partial charge in [0.25, 0.3) is 5.91 Å². The third kappa shape index (κ3) is 3.24. The van der Waals surface area contributed by atoms with Gasteiger partial charge in [-0.25, -0.2) is 0 Å². The van der Waals surface area contributed by atoms with E-state index in [1.54, 1.807) is 7.05 Å². The number of hydrogen-bond donors (Lipinski definition) is 1. The van der Waals surface area contributed by atoms with E-state index in [2.05, 4.69) is 34.5 Å². The van der Waals surface area contributed by atoms with Gasteiger partial charge in [-0.15, -0.1) is 0 Å². The molecule has 130 valence electrons. The Balaban J connectivity index is 1.82. The van der Waals surface area contributed by atoms with E-state index in [0.717, 1.165) is 31.7 Å². The molecule has 1 N–H and O–H groups in total. The highest BCUT2D eigenvalue weighted by atomic mass is 16.1. The number of likely N-dealkylation sites (tertiary alicyclic amines) is 1. The maximum absolute atomic E-state index is 12.0. The predicted octanol–water partition coefficient (Wildman–Crippen LogP) is 2.33. The van der Waals surface area contributed by atoms with Crippen molar-refractivity contribution < 1.29 is 4.79 Å². The largest absolute Gasteiger partial charge is 0.354 e. The molecule has 1 fully saturated rings. The van der Waals surface area contributed by atoms with Gasteiger partial charge in [0.05, 0.1) is 12.2 Å². The van der Waals surface area contributed by atoms with Gasteiger partial charge in [0.1, 0.15) is 5.69 Å². The van der Waals surface area contributed by atoms with Crippen molar-refractivity contribution in [3.8, 4) is 0 Å². The third-order valence-electron chi connectivity index (χ3n) is 4.97. The van der Waals surface area contributed by atoms with E-state index in [4.69, 9.17) is 0 Å². The number of aromatic nitrogens is 3. The van der Waals surface area contributed by atoms with Crippen LogP contribution in [0.5, 0.6) is 0 Å². The fourth-order valence-electron chi connectivity index (χ4n) is 3.63. The van der Waals surface area contributed by atoms with Crippen LogP contribution in [-0.4, -0.2) is 38.7 Å². The minimum atomic E-state index is -0.0321. The molecule has 1 unspecified atom stereocenters. The minimum Gasteiger partial charge on any atom is -0.354 e. The molecule has 1 aliphatic rings. The van der Waals surface area contributed by atoms with Crippen LogP contribution >= 0.6 is 0 Å². The summed E-state index contributed by atoms with van der Waals surface area (Å²) < 4.78 is 4.01. The summed E-state index contributed by atoms with van der Waals surface area (Å²) in [7, 11) is 3.66. The molecule has 6 heteroatoms. The van der Waals surface area contributed by atoms with Crippen molar-refractivity contribution >= 4 is 5.91 Å². The fraction of sp³-hybridized carbons (Fsp3) is 0.556. The van der Waals surface area contributed by atoms with E-state index in [9.17, 15) is 4.79 Å². The number of hydrogen-bond acceptors (Lipinski definition) is 3. The van der Waals surface area contributed by atoms with E-state index in [1.807, 2.05) is 28.6 Å². The lowest BCUT2D eigenvalue weighted by atomic mass is 9.99. The van der Waals surface area contributed by atoms with Crippen LogP contribution in [0.3, 0.4) is 0 Å². The number of nitrogens with zero attached hydrogens (tertiary/aromatic N) is 4. The summed E-state index contributed by atoms with van der Waals surface area (Å²) in [5.41, 5.74) is 3.19. The van der Waals surface area contributed by atoms with E-state index in [1.165, 1.54) is 24.1 Å². The first kappa shape index (κ1) is 16.8. The lowest BCUT2D eigenvalue weighted by Gasteiger charge is -2.36. The van der Waals surface area contributed by atoms with E-state index >= 15 is 0 Å². The quantitative estimate of drug-likeness (QED) is 0.916. The molecule has 1 saturated heterocycles. The average molecular weight is 329 g/mol. The molecule has 0 bridgehead atoms. The van der Waals surface area contributed by atoms with Gasteiger partial charge in [0.2, 0.25) is 0 Å². The molecule has 0 spiro atoms. The molecule has 1 atom stereocenters. The number of rotatable bonds is 5. The lowest BCUT2D eigenvalue weighted by Crippen LogP contribution is -2.34. The third-order valence-corrected chi connectivity index (χ3v) is 4.97. The van der Waals surface area contributed by atoms with Crippen LogP contribution in [-0.2, 0) is 20.1 Å². The molecular weight excluding hydrogens is 302 g/mol. The summed E-state index contributed by atoms with van der Waals surface area (Å²) in [5, 5.41) is 7.10. The Morgan fingerprint density at radius 2 is 2.21 bits per heavy atom. The predicted molar refractivity (Wildman–Crippen MR) is 93.7 cm³/mol. The van der Waals surface area contributed by atoms with Gasteiger partial charge in [0.15, 0.2) is 0 Å². The van der Waals surface area contributed by atoms with Gasteiger partial charge in [-0.3, -0.25) is 14.4 Å². The Morgan fingerprint density at radius 1 is 1.38 bits per heavy atom. The van der Waals surface area contributed by atoms with Gasteiger partial charge in [0, 0.05) is 44.6 Å². The molecule has 3 heterocycles. The first-order valence-corrected chi connectivity index (χ1v) is 8.77. The van der Waals surface area contributed by atoms with E-state index in [0.29, 0.717) is 6.04 Å². The van der Waals surface area contributed by atoms with Crippen molar-refractivity contribution in [2.24, 2.45) is 7.05 Å². The van der Waals surface area contributed by atoms with Crippen molar-refractivity contribution in [3.05, 3.63) is 41.5 Å². The monoisotopic (exact) mass is 329 g/mol. The molecular formula is C18H27N5O. The average Bonchev–Trinajstić information content (AvgIpc) is 3.21. The minimum absolute atomic E-state index is 0.0321. The maximum Gasteiger partial charge on any atom is 0.267 e. The Hall–Kier alpha value is -2.08. The van der Waals surface area contributed by atoms with Gasteiger partial charge in [-0.1, -0.05) is 6.42 Å². The molecule has 1 aliphatic heterocycles. The number of carbonyl (C=O) groups is 1. The van der Waals surface area contributed by atoms with Crippen LogP contribution in [0.25, 0.3) is 0 Å². The Bertz CT molecular complexity index is 702. The Kier molecular flexibility index (Phi) is 5.04. The summed E-state index contributed by atoms with van der Waals surface area (Å²) in [6.07, 6.45) is 7.69. The molecule has 3 rings (SSSR count). The van der Waals surface area contributed by atoms with Crippen molar-refractivity contribution in [3.63, 3.8) is 0 Å². The Labute approximate surface area is 143 Å². The van der Waals surface area contributed by atoms with Crippen LogP contribution in [0.1, 0.15) is 54.0 Å². The molecule has 0 saturated carbocycles. The molecule has 0 aromatic carbocycles. The number of aryl methyl sites for hydroxylation is 1. The summed E-state index contributed by atoms with van der Waals surface area (Å²) in [5.74, 6) is -0.0321. The van der Waals surface area contributed by atoms with E-state index in [-0.39, 0.29) is 5.91 Å². The summed E-state index contributed by atoms with van der Waals surface area (Å²) in [6.45, 7) is 5.00. The molecule has 1 amide bonds. The standard InChI is InChI=1S/C18H27N5O/c1-4-23-13-14(11-20-23)12-22-10-6-5-7-16(22)15-8-9-17(21(15)3)18(24)19-2/h8-9,11,13,16H,4-7,10,12H2,1-3H3,(H,19,24). The maximum atomic E-state index is 12.0. The first-order chi connectivity index (χ1) is 11.6. The molecule has 2 aromatic heterocycles. The van der Waals surface area contributed by atoms with Gasteiger partial charge in [-0.05, 0) is 38.4 Å². The molecule has 2 aromatic rings. The SMILES string of the molecule is CCn1cc(CN2CCCCC2c2ccc(C(=O)NC)n2C)cn1. The van der Waals surface area contributed by atoms with Crippen LogP contribution in [0.15, 0.2) is 24.5 Å². The Morgan fingerprint density at radius 3 is 2.92 bits per heavy atom. The zero-order valence-electron chi connectivity index (χ0n) is 14.8. The highest BCUT2D eigenvalue weighted by molar-refractivity contribution is 5.92. The number of carbonyl (C=O) groups excluding carboxylic acids is 1. The zero-order chi connectivity index (χ0) is 17.1. The van der Waals surface area contributed by atoms with E-state index < -0.39 is 0 Å². The lowest BCUT2D eigenvalue weighted by molar-refractivity contribution is 0.0952. The topological polar surface area (TPSA) is 55.1 Å². The summed E-state index contributed by atoms with van der Waals surface area (Å²) in [4.78, 5) is 14.5. The molecule has 0 aliphatic carbocycles. The first-order valence-electron chi connectivity index (χ1n) is 8.77. The summed E-state index contributed by atoms with van der Waals surface area (Å²) in [6, 6.07) is 4.38. The van der Waals surface area contributed by atoms with Gasteiger partial charge in [-0.2, -0.15) is 5.10 Å². The van der Waals surface area contributed by atoms with Crippen molar-refractivity contribution in [2.75, 3.05) is 13.6 Å². The number of amides is 1. The zero-order valence-corrected chi connectivity index (χ0v) is 14.8. The second kappa shape index (κ2) is 7.21. The van der Waals surface area contributed by atoms with Gasteiger partial charge < -0.3 is 9.88 Å². The highest BCUT2D eigenvalue weighted by Crippen LogP contribution is 2.32. The van der Waals surface area contributed by atoms with Crippen LogP contribution < -0.4 is 5.32 Å². The van der Waals surface area contributed by atoms with Crippen LogP contribution in [0, 0.1) is 0 Å². The van der Waals surface area contributed by atoms with Crippen molar-refractivity contribution in [1.29, 1.82) is 0 Å². The second-order valence-electron chi connectivity index (χ2n) is 6.47. The molecule has 6 nitrogen and oxygen atoms in total. The summed E-state index contributed by atoms with van der Waals surface area (Å²) >= 11 is 0. The van der Waals surface area contributed by atoms with Crippen LogP contribution in [0.2, 0.25) is 0 Å². The second-order valence-corrected chi connectivity index (χ2v) is 6.47. The number of piperidine rings is 1.